The van der Waals surface area contributed by atoms with Gasteiger partial charge >= 0.3 is 5.97 Å². The van der Waals surface area contributed by atoms with Gasteiger partial charge < -0.3 is 18.6 Å². The minimum Gasteiger partial charge on any atom is -0.479 e. The summed E-state index contributed by atoms with van der Waals surface area (Å²) < 4.78 is 22.0. The minimum atomic E-state index is -0.728. The second-order valence-electron chi connectivity index (χ2n) is 6.30. The van der Waals surface area contributed by atoms with Gasteiger partial charge in [-0.1, -0.05) is 37.6 Å². The van der Waals surface area contributed by atoms with Gasteiger partial charge in [0.2, 0.25) is 11.2 Å². The fourth-order valence-corrected chi connectivity index (χ4v) is 2.81. The number of ether oxygens (including phenoxy) is 3. The molecule has 0 amide bonds. The molecule has 1 aromatic heterocycles. The number of carbonyl (C=O) groups excluding carboxylic acids is 1. The fourth-order valence-electron chi connectivity index (χ4n) is 2.64. The van der Waals surface area contributed by atoms with Crippen molar-refractivity contribution in [1.82, 2.24) is 0 Å². The van der Waals surface area contributed by atoms with Gasteiger partial charge in [-0.2, -0.15) is 0 Å². The Labute approximate surface area is 172 Å². The lowest BCUT2D eigenvalue weighted by molar-refractivity contribution is -0.152. The highest BCUT2D eigenvalue weighted by atomic mass is 35.5. The van der Waals surface area contributed by atoms with Crippen LogP contribution in [0.15, 0.2) is 57.9 Å². The molecule has 0 aliphatic heterocycles. The van der Waals surface area contributed by atoms with E-state index < -0.39 is 12.1 Å². The molecule has 29 heavy (non-hydrogen) atoms. The standard InChI is InChI=1S/C22H21ClO6/c1-3-11-26-22(25)17(4-2)28-14-9-10-15-19(12-14)27-13-20(21(15)24)29-18-8-6-5-7-16(18)23/h5-10,12-13,17H,3-4,11H2,1-2H3. The predicted octanol–water partition coefficient (Wildman–Crippen LogP) is 5.35. The second-order valence-corrected chi connectivity index (χ2v) is 6.71. The van der Waals surface area contributed by atoms with E-state index in [4.69, 9.17) is 30.2 Å². The Bertz CT molecular complexity index is 1060. The van der Waals surface area contributed by atoms with Crippen molar-refractivity contribution < 1.29 is 23.4 Å². The maximum absolute atomic E-state index is 12.7. The van der Waals surface area contributed by atoms with Crippen LogP contribution in [0.1, 0.15) is 26.7 Å². The van der Waals surface area contributed by atoms with Crippen molar-refractivity contribution >= 4 is 28.5 Å². The molecule has 0 fully saturated rings. The maximum Gasteiger partial charge on any atom is 0.347 e. The van der Waals surface area contributed by atoms with E-state index in [1.165, 1.54) is 6.26 Å². The average Bonchev–Trinajstić information content (AvgIpc) is 2.73. The normalized spacial score (nSPS) is 11.8. The minimum absolute atomic E-state index is 0.0221. The van der Waals surface area contributed by atoms with E-state index in [-0.39, 0.29) is 11.2 Å². The maximum atomic E-state index is 12.7. The van der Waals surface area contributed by atoms with Gasteiger partial charge in [0.05, 0.1) is 17.0 Å². The van der Waals surface area contributed by atoms with Crippen molar-refractivity contribution in [2.24, 2.45) is 0 Å². The van der Waals surface area contributed by atoms with Gasteiger partial charge in [0.1, 0.15) is 23.3 Å². The molecule has 3 rings (SSSR count). The molecule has 0 aliphatic rings. The molecular formula is C22H21ClO6. The van der Waals surface area contributed by atoms with Crippen molar-refractivity contribution in [1.29, 1.82) is 0 Å². The Hall–Kier alpha value is -2.99. The summed E-state index contributed by atoms with van der Waals surface area (Å²) in [6, 6.07) is 11.6. The Morgan fingerprint density at radius 3 is 2.66 bits per heavy atom. The molecule has 0 spiro atoms. The number of benzene rings is 2. The summed E-state index contributed by atoms with van der Waals surface area (Å²) in [7, 11) is 0. The van der Waals surface area contributed by atoms with Crippen LogP contribution in [0.25, 0.3) is 11.0 Å². The first-order valence-corrected chi connectivity index (χ1v) is 9.72. The largest absolute Gasteiger partial charge is 0.479 e. The highest BCUT2D eigenvalue weighted by molar-refractivity contribution is 6.32. The third-order valence-electron chi connectivity index (χ3n) is 4.13. The molecule has 0 radical (unpaired) electrons. The van der Waals surface area contributed by atoms with Gasteiger partial charge in [-0.3, -0.25) is 4.79 Å². The van der Waals surface area contributed by atoms with Gasteiger partial charge in [0.25, 0.3) is 0 Å². The zero-order valence-corrected chi connectivity index (χ0v) is 16.9. The number of halogens is 1. The molecule has 0 saturated carbocycles. The lowest BCUT2D eigenvalue weighted by Crippen LogP contribution is -2.28. The first-order chi connectivity index (χ1) is 14.0. The zero-order chi connectivity index (χ0) is 20.8. The number of hydrogen-bond acceptors (Lipinski definition) is 6. The fraction of sp³-hybridized carbons (Fsp3) is 0.273. The third-order valence-corrected chi connectivity index (χ3v) is 4.44. The van der Waals surface area contributed by atoms with Gasteiger partial charge in [-0.05, 0) is 37.1 Å². The molecule has 1 unspecified atom stereocenters. The number of para-hydroxylation sites is 1. The number of rotatable bonds is 8. The average molecular weight is 417 g/mol. The number of carbonyl (C=O) groups is 1. The van der Waals surface area contributed by atoms with Crippen LogP contribution in [0.2, 0.25) is 5.02 Å². The zero-order valence-electron chi connectivity index (χ0n) is 16.1. The van der Waals surface area contributed by atoms with Crippen molar-refractivity contribution in [3.8, 4) is 17.2 Å². The third kappa shape index (κ3) is 4.90. The van der Waals surface area contributed by atoms with Crippen LogP contribution in [0.5, 0.6) is 17.2 Å². The summed E-state index contributed by atoms with van der Waals surface area (Å²) in [4.78, 5) is 24.8. The van der Waals surface area contributed by atoms with E-state index in [0.717, 1.165) is 6.42 Å². The van der Waals surface area contributed by atoms with Crippen LogP contribution < -0.4 is 14.9 Å². The van der Waals surface area contributed by atoms with Gasteiger partial charge in [-0.15, -0.1) is 0 Å². The molecule has 152 valence electrons. The van der Waals surface area contributed by atoms with E-state index >= 15 is 0 Å². The monoisotopic (exact) mass is 416 g/mol. The van der Waals surface area contributed by atoms with Crippen LogP contribution in [0, 0.1) is 0 Å². The molecule has 6 nitrogen and oxygen atoms in total. The summed E-state index contributed by atoms with van der Waals surface area (Å²) in [5.41, 5.74) is -0.0251. The first kappa shape index (κ1) is 20.7. The lowest BCUT2D eigenvalue weighted by atomic mass is 10.2. The van der Waals surface area contributed by atoms with Crippen molar-refractivity contribution in [3.63, 3.8) is 0 Å². The smallest absolute Gasteiger partial charge is 0.347 e. The Balaban J connectivity index is 1.83. The predicted molar refractivity (Wildman–Crippen MR) is 110 cm³/mol. The van der Waals surface area contributed by atoms with Gasteiger partial charge in [0, 0.05) is 6.07 Å². The van der Waals surface area contributed by atoms with Gasteiger partial charge in [0.15, 0.2) is 6.10 Å². The quantitative estimate of drug-likeness (QED) is 0.461. The Morgan fingerprint density at radius 1 is 1.14 bits per heavy atom. The summed E-state index contributed by atoms with van der Waals surface area (Å²) in [5.74, 6) is 0.367. The van der Waals surface area contributed by atoms with E-state index in [1.54, 1.807) is 42.5 Å². The van der Waals surface area contributed by atoms with Crippen molar-refractivity contribution in [2.45, 2.75) is 32.8 Å². The number of hydrogen-bond donors (Lipinski definition) is 0. The van der Waals surface area contributed by atoms with E-state index in [0.29, 0.717) is 40.5 Å². The van der Waals surface area contributed by atoms with Crippen molar-refractivity contribution in [3.05, 3.63) is 64.0 Å². The first-order valence-electron chi connectivity index (χ1n) is 9.34. The van der Waals surface area contributed by atoms with Crippen LogP contribution in [0.4, 0.5) is 0 Å². The molecule has 7 heteroatoms. The SMILES string of the molecule is CCCOC(=O)C(CC)Oc1ccc2c(=O)c(Oc3ccccc3Cl)coc2c1. The van der Waals surface area contributed by atoms with Crippen LogP contribution in [-0.2, 0) is 9.53 Å². The second kappa shape index (κ2) is 9.47. The molecule has 3 aromatic rings. The molecule has 0 aliphatic carbocycles. The van der Waals surface area contributed by atoms with Crippen LogP contribution in [0.3, 0.4) is 0 Å². The molecular weight excluding hydrogens is 396 g/mol. The highest BCUT2D eigenvalue weighted by Gasteiger charge is 2.20. The van der Waals surface area contributed by atoms with E-state index in [9.17, 15) is 9.59 Å². The van der Waals surface area contributed by atoms with Crippen LogP contribution >= 0.6 is 11.6 Å². The van der Waals surface area contributed by atoms with Crippen molar-refractivity contribution in [2.75, 3.05) is 6.61 Å². The molecule has 0 saturated heterocycles. The number of esters is 1. The topological polar surface area (TPSA) is 75.0 Å². The molecule has 1 atom stereocenters. The molecule has 1 heterocycles. The van der Waals surface area contributed by atoms with Crippen LogP contribution in [-0.4, -0.2) is 18.7 Å². The summed E-state index contributed by atoms with van der Waals surface area (Å²) >= 11 is 6.07. The summed E-state index contributed by atoms with van der Waals surface area (Å²) in [6.45, 7) is 4.10. The van der Waals surface area contributed by atoms with Gasteiger partial charge in [-0.25, -0.2) is 4.79 Å². The highest BCUT2D eigenvalue weighted by Crippen LogP contribution is 2.29. The molecule has 0 N–H and O–H groups in total. The van der Waals surface area contributed by atoms with E-state index in [1.807, 2.05) is 13.8 Å². The lowest BCUT2D eigenvalue weighted by Gasteiger charge is -2.16. The molecule has 0 bridgehead atoms. The summed E-state index contributed by atoms with van der Waals surface area (Å²) in [6.07, 6.45) is 1.69. The number of fused-ring (bicyclic) bond motifs is 1. The van der Waals surface area contributed by atoms with E-state index in [2.05, 4.69) is 0 Å². The summed E-state index contributed by atoms with van der Waals surface area (Å²) in [5, 5.41) is 0.708. The Kier molecular flexibility index (Phi) is 6.77. The Morgan fingerprint density at radius 2 is 1.93 bits per heavy atom. The molecule has 2 aromatic carbocycles.